The van der Waals surface area contributed by atoms with Crippen LogP contribution in [0.15, 0.2) is 18.5 Å². The maximum atomic E-state index is 9.32. The van der Waals surface area contributed by atoms with Gasteiger partial charge >= 0.3 is 0 Å². The average Bonchev–Trinajstić information content (AvgIpc) is 2.78. The monoisotopic (exact) mass is 225 g/mol. The minimum atomic E-state index is -0.126. The van der Waals surface area contributed by atoms with Crippen LogP contribution >= 0.6 is 0 Å². The Labute approximate surface area is 97.7 Å². The van der Waals surface area contributed by atoms with Gasteiger partial charge < -0.3 is 10.4 Å². The molecular formula is C12H23N3O. The van der Waals surface area contributed by atoms with E-state index in [0.717, 1.165) is 32.4 Å². The number of aliphatic hydroxyl groups excluding tert-OH is 1. The number of hydrogen-bond donors (Lipinski definition) is 2. The van der Waals surface area contributed by atoms with Crippen LogP contribution in [0.2, 0.25) is 0 Å². The van der Waals surface area contributed by atoms with Gasteiger partial charge in [-0.15, -0.1) is 0 Å². The molecule has 1 rings (SSSR count). The average molecular weight is 225 g/mol. The van der Waals surface area contributed by atoms with E-state index in [9.17, 15) is 5.11 Å². The third kappa shape index (κ3) is 4.33. The van der Waals surface area contributed by atoms with Crippen LogP contribution in [0.5, 0.6) is 0 Å². The lowest BCUT2D eigenvalue weighted by molar-refractivity contribution is 0.164. The Kier molecular flexibility index (Phi) is 5.49. The summed E-state index contributed by atoms with van der Waals surface area (Å²) < 4.78 is 1.95. The van der Waals surface area contributed by atoms with Gasteiger partial charge in [0.2, 0.25) is 0 Å². The molecule has 0 saturated carbocycles. The highest BCUT2D eigenvalue weighted by Crippen LogP contribution is 2.13. The maximum absolute atomic E-state index is 9.32. The predicted molar refractivity (Wildman–Crippen MR) is 65.2 cm³/mol. The Morgan fingerprint density at radius 3 is 2.81 bits per heavy atom. The zero-order valence-corrected chi connectivity index (χ0v) is 10.3. The summed E-state index contributed by atoms with van der Waals surface area (Å²) in [7, 11) is 0. The fourth-order valence-corrected chi connectivity index (χ4v) is 1.87. The summed E-state index contributed by atoms with van der Waals surface area (Å²) >= 11 is 0. The van der Waals surface area contributed by atoms with E-state index in [2.05, 4.69) is 24.3 Å². The second-order valence-electron chi connectivity index (χ2n) is 4.48. The van der Waals surface area contributed by atoms with E-state index in [1.54, 1.807) is 6.20 Å². The third-order valence-electron chi connectivity index (χ3n) is 2.88. The summed E-state index contributed by atoms with van der Waals surface area (Å²) in [5.74, 6) is 0. The highest BCUT2D eigenvalue weighted by molar-refractivity contribution is 4.82. The Morgan fingerprint density at radius 1 is 1.44 bits per heavy atom. The second kappa shape index (κ2) is 6.66. The molecule has 0 amide bonds. The summed E-state index contributed by atoms with van der Waals surface area (Å²) in [6.07, 6.45) is 6.98. The first-order valence-electron chi connectivity index (χ1n) is 6.03. The first-order chi connectivity index (χ1) is 7.70. The number of unbranched alkanes of at least 4 members (excludes halogenated alkanes) is 1. The van der Waals surface area contributed by atoms with Crippen molar-refractivity contribution in [3.05, 3.63) is 18.5 Å². The van der Waals surface area contributed by atoms with Crippen LogP contribution in [-0.4, -0.2) is 33.6 Å². The molecule has 2 N–H and O–H groups in total. The van der Waals surface area contributed by atoms with Gasteiger partial charge in [0, 0.05) is 24.5 Å². The van der Waals surface area contributed by atoms with Gasteiger partial charge in [-0.25, -0.2) is 0 Å². The molecule has 0 bridgehead atoms. The molecule has 1 atom stereocenters. The molecule has 0 spiro atoms. The third-order valence-corrected chi connectivity index (χ3v) is 2.88. The van der Waals surface area contributed by atoms with Crippen LogP contribution in [-0.2, 0) is 6.54 Å². The molecule has 0 aliphatic carbocycles. The highest BCUT2D eigenvalue weighted by Gasteiger charge is 2.20. The molecule has 0 radical (unpaired) electrons. The van der Waals surface area contributed by atoms with Gasteiger partial charge in [0.05, 0.1) is 6.61 Å². The van der Waals surface area contributed by atoms with Crippen molar-refractivity contribution in [1.29, 1.82) is 0 Å². The SMILES string of the molecule is CCNC(C)(CO)CCCCn1cccn1. The van der Waals surface area contributed by atoms with Gasteiger partial charge in [0.1, 0.15) is 0 Å². The van der Waals surface area contributed by atoms with E-state index in [1.165, 1.54) is 0 Å². The zero-order valence-electron chi connectivity index (χ0n) is 10.3. The number of aromatic nitrogens is 2. The van der Waals surface area contributed by atoms with Gasteiger partial charge in [-0.1, -0.05) is 6.92 Å². The molecule has 16 heavy (non-hydrogen) atoms. The van der Waals surface area contributed by atoms with Crippen molar-refractivity contribution < 1.29 is 5.11 Å². The van der Waals surface area contributed by atoms with E-state index in [1.807, 2.05) is 16.9 Å². The molecule has 0 fully saturated rings. The van der Waals surface area contributed by atoms with E-state index in [-0.39, 0.29) is 12.1 Å². The van der Waals surface area contributed by atoms with Gasteiger partial charge in [-0.3, -0.25) is 4.68 Å². The Balaban J connectivity index is 2.18. The van der Waals surface area contributed by atoms with Crippen molar-refractivity contribution in [3.63, 3.8) is 0 Å². The van der Waals surface area contributed by atoms with E-state index in [4.69, 9.17) is 0 Å². The number of likely N-dealkylation sites (N-methyl/N-ethyl adjacent to an activating group) is 1. The lowest BCUT2D eigenvalue weighted by Gasteiger charge is -2.28. The number of hydrogen-bond acceptors (Lipinski definition) is 3. The summed E-state index contributed by atoms with van der Waals surface area (Å²) in [5, 5.41) is 16.8. The Morgan fingerprint density at radius 2 is 2.25 bits per heavy atom. The summed E-state index contributed by atoms with van der Waals surface area (Å²) in [6.45, 7) is 6.20. The first kappa shape index (κ1) is 13.2. The van der Waals surface area contributed by atoms with Crippen molar-refractivity contribution in [1.82, 2.24) is 15.1 Å². The van der Waals surface area contributed by atoms with E-state index in [0.29, 0.717) is 0 Å². The largest absolute Gasteiger partial charge is 0.394 e. The van der Waals surface area contributed by atoms with E-state index >= 15 is 0 Å². The lowest BCUT2D eigenvalue weighted by Crippen LogP contribution is -2.45. The molecule has 0 saturated heterocycles. The first-order valence-corrected chi connectivity index (χ1v) is 6.03. The topological polar surface area (TPSA) is 50.1 Å². The minimum absolute atomic E-state index is 0.126. The van der Waals surface area contributed by atoms with Crippen molar-refractivity contribution in [2.45, 2.75) is 45.2 Å². The normalized spacial score (nSPS) is 14.9. The number of nitrogens with zero attached hydrogens (tertiary/aromatic N) is 2. The number of aryl methyl sites for hydroxylation is 1. The van der Waals surface area contributed by atoms with Crippen molar-refractivity contribution in [3.8, 4) is 0 Å². The molecule has 0 aliphatic heterocycles. The fourth-order valence-electron chi connectivity index (χ4n) is 1.87. The fraction of sp³-hybridized carbons (Fsp3) is 0.750. The van der Waals surface area contributed by atoms with E-state index < -0.39 is 0 Å². The molecule has 1 aromatic heterocycles. The molecule has 0 aliphatic rings. The van der Waals surface area contributed by atoms with Gasteiger partial charge in [-0.2, -0.15) is 5.10 Å². The van der Waals surface area contributed by atoms with Crippen LogP contribution in [0.4, 0.5) is 0 Å². The van der Waals surface area contributed by atoms with Crippen molar-refractivity contribution >= 4 is 0 Å². The summed E-state index contributed by atoms with van der Waals surface area (Å²) in [4.78, 5) is 0. The van der Waals surface area contributed by atoms with Crippen LogP contribution in [0.25, 0.3) is 0 Å². The van der Waals surface area contributed by atoms with Gasteiger partial charge in [0.25, 0.3) is 0 Å². The predicted octanol–water partition coefficient (Wildman–Crippen LogP) is 1.41. The molecule has 1 heterocycles. The van der Waals surface area contributed by atoms with Gasteiger partial charge in [0.15, 0.2) is 0 Å². The highest BCUT2D eigenvalue weighted by atomic mass is 16.3. The molecule has 4 heteroatoms. The lowest BCUT2D eigenvalue weighted by atomic mass is 9.96. The molecule has 4 nitrogen and oxygen atoms in total. The van der Waals surface area contributed by atoms with Crippen molar-refractivity contribution in [2.24, 2.45) is 0 Å². The summed E-state index contributed by atoms with van der Waals surface area (Å²) in [5.41, 5.74) is -0.126. The molecular weight excluding hydrogens is 202 g/mol. The minimum Gasteiger partial charge on any atom is -0.394 e. The Bertz CT molecular complexity index is 274. The van der Waals surface area contributed by atoms with Crippen LogP contribution in [0.3, 0.4) is 0 Å². The molecule has 0 aromatic carbocycles. The number of rotatable bonds is 8. The van der Waals surface area contributed by atoms with Crippen LogP contribution in [0.1, 0.15) is 33.1 Å². The zero-order chi connectivity index (χ0) is 11.9. The second-order valence-corrected chi connectivity index (χ2v) is 4.48. The Hall–Kier alpha value is -0.870. The summed E-state index contributed by atoms with van der Waals surface area (Å²) in [6, 6.07) is 1.94. The van der Waals surface area contributed by atoms with Crippen molar-refractivity contribution in [2.75, 3.05) is 13.2 Å². The number of nitrogens with one attached hydrogen (secondary N) is 1. The molecule has 92 valence electrons. The van der Waals surface area contributed by atoms with Crippen LogP contribution in [0, 0.1) is 0 Å². The van der Waals surface area contributed by atoms with Crippen LogP contribution < -0.4 is 5.32 Å². The maximum Gasteiger partial charge on any atom is 0.0610 e. The molecule has 1 unspecified atom stereocenters. The molecule has 1 aromatic rings. The van der Waals surface area contributed by atoms with Gasteiger partial charge in [-0.05, 0) is 38.8 Å². The smallest absolute Gasteiger partial charge is 0.0610 e. The quantitative estimate of drug-likeness (QED) is 0.658. The number of aliphatic hydroxyl groups is 1. The standard InChI is InChI=1S/C12H23N3O/c1-3-13-12(2,11-16)7-4-5-9-15-10-6-8-14-15/h6,8,10,13,16H,3-5,7,9,11H2,1-2H3.